The number of alkyl halides is 1. The lowest BCUT2D eigenvalue weighted by Crippen LogP contribution is -1.90. The summed E-state index contributed by atoms with van der Waals surface area (Å²) in [7, 11) is 1.66. The van der Waals surface area contributed by atoms with Crippen LogP contribution in [0.25, 0.3) is 16.3 Å². The molecule has 0 aliphatic heterocycles. The van der Waals surface area contributed by atoms with Crippen molar-refractivity contribution in [1.82, 2.24) is 14.6 Å². The number of benzene rings is 1. The van der Waals surface area contributed by atoms with Crippen LogP contribution in [0.5, 0.6) is 5.75 Å². The van der Waals surface area contributed by atoms with E-state index < -0.39 is 0 Å². The number of fused-ring (bicyclic) bond motifs is 1. The predicted molar refractivity (Wildman–Crippen MR) is 80.2 cm³/mol. The number of aromatic nitrogens is 3. The molecule has 1 aromatic carbocycles. The molecule has 0 atom stereocenters. The first-order chi connectivity index (χ1) is 9.22. The lowest BCUT2D eigenvalue weighted by atomic mass is 10.2. The Balaban J connectivity index is 2.10. The Morgan fingerprint density at radius 1 is 1.42 bits per heavy atom. The van der Waals surface area contributed by atoms with Gasteiger partial charge in [0.25, 0.3) is 0 Å². The lowest BCUT2D eigenvalue weighted by molar-refractivity contribution is 0.415. The standard InChI is InChI=1S/C13H12BrN3OS/c1-8-11(7-14)19-13-15-12(16-17(8)13)9-4-3-5-10(6-9)18-2/h3-6H,7H2,1-2H3. The number of hydrogen-bond donors (Lipinski definition) is 0. The summed E-state index contributed by atoms with van der Waals surface area (Å²) in [6.45, 7) is 2.06. The summed E-state index contributed by atoms with van der Waals surface area (Å²) >= 11 is 5.14. The van der Waals surface area contributed by atoms with E-state index in [0.29, 0.717) is 0 Å². The average Bonchev–Trinajstić information content (AvgIpc) is 2.99. The van der Waals surface area contributed by atoms with Crippen molar-refractivity contribution in [2.24, 2.45) is 0 Å². The number of rotatable bonds is 3. The van der Waals surface area contributed by atoms with Crippen LogP contribution in [-0.4, -0.2) is 21.7 Å². The van der Waals surface area contributed by atoms with Gasteiger partial charge in [-0.1, -0.05) is 39.4 Å². The van der Waals surface area contributed by atoms with Crippen molar-refractivity contribution in [3.8, 4) is 17.1 Å². The molecule has 0 aliphatic rings. The smallest absolute Gasteiger partial charge is 0.213 e. The summed E-state index contributed by atoms with van der Waals surface area (Å²) in [5.74, 6) is 1.54. The molecular formula is C13H12BrN3OS. The number of hydrogen-bond acceptors (Lipinski definition) is 4. The maximum absolute atomic E-state index is 5.23. The fourth-order valence-electron chi connectivity index (χ4n) is 1.89. The predicted octanol–water partition coefficient (Wildman–Crippen LogP) is 3.67. The van der Waals surface area contributed by atoms with Crippen LogP contribution in [0.4, 0.5) is 0 Å². The molecule has 2 heterocycles. The highest BCUT2D eigenvalue weighted by Gasteiger charge is 2.13. The molecule has 0 saturated heterocycles. The van der Waals surface area contributed by atoms with Crippen LogP contribution in [-0.2, 0) is 5.33 Å². The molecule has 0 unspecified atom stereocenters. The topological polar surface area (TPSA) is 39.4 Å². The summed E-state index contributed by atoms with van der Waals surface area (Å²) < 4.78 is 7.13. The quantitative estimate of drug-likeness (QED) is 0.684. The van der Waals surface area contributed by atoms with Gasteiger partial charge in [-0.3, -0.25) is 0 Å². The van der Waals surface area contributed by atoms with Gasteiger partial charge in [0.1, 0.15) is 5.75 Å². The van der Waals surface area contributed by atoms with E-state index in [9.17, 15) is 0 Å². The number of halogens is 1. The van der Waals surface area contributed by atoms with E-state index in [1.807, 2.05) is 28.8 Å². The second kappa shape index (κ2) is 4.94. The second-order valence-corrected chi connectivity index (χ2v) is 5.73. The molecule has 0 aliphatic carbocycles. The molecule has 4 nitrogen and oxygen atoms in total. The molecule has 3 aromatic rings. The van der Waals surface area contributed by atoms with Crippen LogP contribution in [0.1, 0.15) is 10.6 Å². The third-order valence-electron chi connectivity index (χ3n) is 2.96. The Morgan fingerprint density at radius 3 is 2.95 bits per heavy atom. The molecule has 3 rings (SSSR count). The van der Waals surface area contributed by atoms with Gasteiger partial charge in [0, 0.05) is 15.8 Å². The van der Waals surface area contributed by atoms with E-state index in [1.54, 1.807) is 18.4 Å². The van der Waals surface area contributed by atoms with Crippen molar-refractivity contribution >= 4 is 32.2 Å². The van der Waals surface area contributed by atoms with E-state index in [4.69, 9.17) is 4.74 Å². The SMILES string of the molecule is COc1cccc(-c2nc3sc(CBr)c(C)n3n2)c1. The Morgan fingerprint density at radius 2 is 2.26 bits per heavy atom. The monoisotopic (exact) mass is 337 g/mol. The van der Waals surface area contributed by atoms with Gasteiger partial charge in [0.15, 0.2) is 5.82 Å². The molecule has 19 heavy (non-hydrogen) atoms. The summed E-state index contributed by atoms with van der Waals surface area (Å²) in [4.78, 5) is 6.76. The van der Waals surface area contributed by atoms with Gasteiger partial charge in [-0.2, -0.15) is 4.98 Å². The second-order valence-electron chi connectivity index (χ2n) is 4.11. The van der Waals surface area contributed by atoms with E-state index in [1.165, 1.54) is 4.88 Å². The first-order valence-electron chi connectivity index (χ1n) is 5.78. The molecule has 0 spiro atoms. The molecule has 0 fully saturated rings. The molecule has 0 amide bonds. The van der Waals surface area contributed by atoms with Gasteiger partial charge in [0.2, 0.25) is 4.96 Å². The first-order valence-corrected chi connectivity index (χ1v) is 7.72. The van der Waals surface area contributed by atoms with E-state index in [2.05, 4.69) is 32.9 Å². The largest absolute Gasteiger partial charge is 0.497 e. The molecular weight excluding hydrogens is 326 g/mol. The van der Waals surface area contributed by atoms with Crippen LogP contribution >= 0.6 is 27.3 Å². The first kappa shape index (κ1) is 12.6. The van der Waals surface area contributed by atoms with E-state index in [0.717, 1.165) is 33.1 Å². The van der Waals surface area contributed by atoms with Crippen molar-refractivity contribution in [2.45, 2.75) is 12.3 Å². The Bertz CT molecular complexity index is 735. The lowest BCUT2D eigenvalue weighted by Gasteiger charge is -2.00. The summed E-state index contributed by atoms with van der Waals surface area (Å²) in [5, 5.41) is 5.40. The van der Waals surface area contributed by atoms with E-state index >= 15 is 0 Å². The van der Waals surface area contributed by atoms with Crippen molar-refractivity contribution < 1.29 is 4.74 Å². The van der Waals surface area contributed by atoms with Gasteiger partial charge in [-0.05, 0) is 19.1 Å². The number of methoxy groups -OCH3 is 1. The van der Waals surface area contributed by atoms with Crippen molar-refractivity contribution in [3.05, 3.63) is 34.8 Å². The zero-order valence-corrected chi connectivity index (χ0v) is 13.0. The normalized spacial score (nSPS) is 11.1. The van der Waals surface area contributed by atoms with Crippen LogP contribution in [0, 0.1) is 6.92 Å². The molecule has 0 radical (unpaired) electrons. The maximum Gasteiger partial charge on any atom is 0.213 e. The van der Waals surface area contributed by atoms with Crippen LogP contribution < -0.4 is 4.74 Å². The Labute approximate surface area is 123 Å². The zero-order chi connectivity index (χ0) is 13.4. The van der Waals surface area contributed by atoms with Crippen molar-refractivity contribution in [1.29, 1.82) is 0 Å². The highest BCUT2D eigenvalue weighted by Crippen LogP contribution is 2.27. The summed E-state index contributed by atoms with van der Waals surface area (Å²) in [5.41, 5.74) is 2.11. The Kier molecular flexibility index (Phi) is 3.28. The average molecular weight is 338 g/mol. The van der Waals surface area contributed by atoms with Crippen LogP contribution in [0.3, 0.4) is 0 Å². The number of ether oxygens (including phenoxy) is 1. The minimum absolute atomic E-state index is 0.731. The number of nitrogens with zero attached hydrogens (tertiary/aromatic N) is 3. The fourth-order valence-corrected chi connectivity index (χ4v) is 3.55. The molecule has 2 aromatic heterocycles. The molecule has 0 saturated carbocycles. The van der Waals surface area contributed by atoms with Crippen LogP contribution in [0.15, 0.2) is 24.3 Å². The minimum atomic E-state index is 0.731. The maximum atomic E-state index is 5.23. The molecule has 98 valence electrons. The highest BCUT2D eigenvalue weighted by molar-refractivity contribution is 9.08. The third-order valence-corrected chi connectivity index (χ3v) is 5.03. The van der Waals surface area contributed by atoms with Crippen LogP contribution in [0.2, 0.25) is 0 Å². The van der Waals surface area contributed by atoms with Gasteiger partial charge in [-0.15, -0.1) is 5.10 Å². The third kappa shape index (κ3) is 2.15. The molecule has 0 bridgehead atoms. The van der Waals surface area contributed by atoms with Gasteiger partial charge in [0.05, 0.1) is 12.8 Å². The van der Waals surface area contributed by atoms with Crippen molar-refractivity contribution in [3.63, 3.8) is 0 Å². The van der Waals surface area contributed by atoms with Gasteiger partial charge in [-0.25, -0.2) is 4.52 Å². The molecule has 0 N–H and O–H groups in total. The fraction of sp³-hybridized carbons (Fsp3) is 0.231. The number of aryl methyl sites for hydroxylation is 1. The van der Waals surface area contributed by atoms with Gasteiger partial charge < -0.3 is 4.74 Å². The summed E-state index contributed by atoms with van der Waals surface area (Å²) in [6, 6.07) is 7.79. The van der Waals surface area contributed by atoms with E-state index in [-0.39, 0.29) is 0 Å². The minimum Gasteiger partial charge on any atom is -0.497 e. The number of thiazole rings is 1. The summed E-state index contributed by atoms with van der Waals surface area (Å²) in [6.07, 6.45) is 0. The van der Waals surface area contributed by atoms with Gasteiger partial charge >= 0.3 is 0 Å². The highest BCUT2D eigenvalue weighted by atomic mass is 79.9. The molecule has 6 heteroatoms. The van der Waals surface area contributed by atoms with Crippen molar-refractivity contribution in [2.75, 3.05) is 7.11 Å². The Hall–Kier alpha value is -1.40. The zero-order valence-electron chi connectivity index (χ0n) is 10.6.